The third kappa shape index (κ3) is 2.58. The molecule has 9 heteroatoms. The molecule has 0 bridgehead atoms. The van der Waals surface area contributed by atoms with Crippen molar-refractivity contribution in [3.05, 3.63) is 36.3 Å². The number of hydrogen-bond acceptors (Lipinski definition) is 6. The van der Waals surface area contributed by atoms with E-state index in [1.807, 2.05) is 43.0 Å². The number of anilines is 1. The van der Waals surface area contributed by atoms with E-state index in [-0.39, 0.29) is 6.04 Å². The van der Waals surface area contributed by atoms with E-state index in [4.69, 9.17) is 9.72 Å². The minimum Gasteiger partial charge on any atom is -0.377 e. The maximum absolute atomic E-state index is 5.61. The number of ether oxygens (including phenoxy) is 1. The lowest BCUT2D eigenvalue weighted by Crippen LogP contribution is -2.44. The maximum Gasteiger partial charge on any atom is 0.167 e. The number of aromatic nitrogens is 7. The van der Waals surface area contributed by atoms with E-state index in [1.54, 1.807) is 4.68 Å². The van der Waals surface area contributed by atoms with Crippen molar-refractivity contribution in [1.82, 2.24) is 34.6 Å². The molecule has 5 heterocycles. The first-order valence-corrected chi connectivity index (χ1v) is 9.37. The topological polar surface area (TPSA) is 89.2 Å². The van der Waals surface area contributed by atoms with E-state index in [0.717, 1.165) is 46.3 Å². The molecule has 4 aromatic rings. The second-order valence-electron chi connectivity index (χ2n) is 7.14. The fraction of sp³-hybridized carbons (Fsp3) is 0.368. The predicted octanol–water partition coefficient (Wildman–Crippen LogP) is 2.05. The van der Waals surface area contributed by atoms with Gasteiger partial charge in [-0.25, -0.2) is 14.2 Å². The maximum atomic E-state index is 5.61. The molecule has 1 aliphatic heterocycles. The number of aromatic amines is 1. The van der Waals surface area contributed by atoms with Gasteiger partial charge >= 0.3 is 0 Å². The number of nitrogens with zero attached hydrogens (tertiary/aromatic N) is 7. The number of H-pyrrole nitrogens is 1. The van der Waals surface area contributed by atoms with Gasteiger partial charge in [0.05, 0.1) is 48.1 Å². The van der Waals surface area contributed by atoms with Gasteiger partial charge in [-0.3, -0.25) is 0 Å². The molecule has 4 aromatic heterocycles. The van der Waals surface area contributed by atoms with Crippen LogP contribution in [0.1, 0.15) is 12.6 Å². The summed E-state index contributed by atoms with van der Waals surface area (Å²) in [6.45, 7) is 6.31. The third-order valence-electron chi connectivity index (χ3n) is 5.25. The molecule has 0 aromatic carbocycles. The molecule has 0 saturated carbocycles. The second kappa shape index (κ2) is 6.45. The number of fused-ring (bicyclic) bond motifs is 1. The standard InChI is InChI=1S/C19H22N8O/c1-12-11-28-8-7-26(12)17-9-16(18-13(2)23-24-25(18)3)27-19(22-17)14(10-21-27)15-5-4-6-20-15/h4-6,9-10,12,20H,7-8,11H2,1-3H3/t12-/m1/s1. The van der Waals surface area contributed by atoms with Crippen LogP contribution in [0.3, 0.4) is 0 Å². The zero-order chi connectivity index (χ0) is 19.3. The first kappa shape index (κ1) is 16.9. The van der Waals surface area contributed by atoms with Crippen molar-refractivity contribution in [3.8, 4) is 22.6 Å². The molecule has 9 nitrogen and oxygen atoms in total. The van der Waals surface area contributed by atoms with Crippen LogP contribution in [0.4, 0.5) is 5.82 Å². The second-order valence-corrected chi connectivity index (χ2v) is 7.14. The molecule has 0 aliphatic carbocycles. The highest BCUT2D eigenvalue weighted by Gasteiger charge is 2.25. The van der Waals surface area contributed by atoms with Gasteiger partial charge in [-0.15, -0.1) is 5.10 Å². The Morgan fingerprint density at radius 1 is 1.32 bits per heavy atom. The van der Waals surface area contributed by atoms with Crippen molar-refractivity contribution in [2.45, 2.75) is 19.9 Å². The van der Waals surface area contributed by atoms with Crippen LogP contribution < -0.4 is 4.90 Å². The predicted molar refractivity (Wildman–Crippen MR) is 105 cm³/mol. The molecule has 0 unspecified atom stereocenters. The van der Waals surface area contributed by atoms with Crippen LogP contribution in [0, 0.1) is 6.92 Å². The molecule has 1 N–H and O–H groups in total. The zero-order valence-corrected chi connectivity index (χ0v) is 16.1. The third-order valence-corrected chi connectivity index (χ3v) is 5.25. The van der Waals surface area contributed by atoms with E-state index in [9.17, 15) is 0 Å². The van der Waals surface area contributed by atoms with Crippen LogP contribution in [0.25, 0.3) is 28.3 Å². The van der Waals surface area contributed by atoms with E-state index in [1.165, 1.54) is 0 Å². The Labute approximate surface area is 161 Å². The molecule has 1 atom stereocenters. The van der Waals surface area contributed by atoms with Gasteiger partial charge in [-0.1, -0.05) is 5.21 Å². The zero-order valence-electron chi connectivity index (χ0n) is 16.1. The fourth-order valence-electron chi connectivity index (χ4n) is 3.83. The van der Waals surface area contributed by atoms with Gasteiger partial charge in [0, 0.05) is 25.9 Å². The number of rotatable bonds is 3. The summed E-state index contributed by atoms with van der Waals surface area (Å²) in [4.78, 5) is 10.5. The first-order chi connectivity index (χ1) is 13.6. The van der Waals surface area contributed by atoms with Crippen LogP contribution >= 0.6 is 0 Å². The molecule has 0 radical (unpaired) electrons. The smallest absolute Gasteiger partial charge is 0.167 e. The van der Waals surface area contributed by atoms with Gasteiger partial charge in [0.25, 0.3) is 0 Å². The van der Waals surface area contributed by atoms with Gasteiger partial charge in [-0.2, -0.15) is 5.10 Å². The normalized spacial score (nSPS) is 17.5. The average Bonchev–Trinajstić information content (AvgIpc) is 3.42. The Hall–Kier alpha value is -3.20. The van der Waals surface area contributed by atoms with Crippen molar-refractivity contribution >= 4 is 11.5 Å². The van der Waals surface area contributed by atoms with Crippen LogP contribution in [-0.2, 0) is 11.8 Å². The monoisotopic (exact) mass is 378 g/mol. The number of aryl methyl sites for hydroxylation is 2. The van der Waals surface area contributed by atoms with Gasteiger partial charge in [0.15, 0.2) is 5.65 Å². The Kier molecular flexibility index (Phi) is 3.90. The summed E-state index contributed by atoms with van der Waals surface area (Å²) in [6, 6.07) is 6.33. The van der Waals surface area contributed by atoms with Crippen molar-refractivity contribution in [1.29, 1.82) is 0 Å². The molecular formula is C19H22N8O. The highest BCUT2D eigenvalue weighted by atomic mass is 16.5. The molecule has 0 spiro atoms. The molecule has 144 valence electrons. The lowest BCUT2D eigenvalue weighted by Gasteiger charge is -2.34. The molecule has 28 heavy (non-hydrogen) atoms. The molecule has 1 saturated heterocycles. The average molecular weight is 378 g/mol. The number of morpholine rings is 1. The van der Waals surface area contributed by atoms with Crippen LogP contribution in [0.2, 0.25) is 0 Å². The first-order valence-electron chi connectivity index (χ1n) is 9.37. The summed E-state index contributed by atoms with van der Waals surface area (Å²) in [6.07, 6.45) is 3.76. The summed E-state index contributed by atoms with van der Waals surface area (Å²) < 4.78 is 9.27. The Bertz CT molecular complexity index is 1110. The fourth-order valence-corrected chi connectivity index (χ4v) is 3.83. The van der Waals surface area contributed by atoms with Gasteiger partial charge in [0.1, 0.15) is 11.5 Å². The molecule has 0 amide bonds. The lowest BCUT2D eigenvalue weighted by molar-refractivity contribution is 0.0985. The van der Waals surface area contributed by atoms with Gasteiger partial charge in [0.2, 0.25) is 0 Å². The molecular weight excluding hydrogens is 356 g/mol. The van der Waals surface area contributed by atoms with Gasteiger partial charge < -0.3 is 14.6 Å². The van der Waals surface area contributed by atoms with Gasteiger partial charge in [-0.05, 0) is 26.0 Å². The minimum absolute atomic E-state index is 0.249. The lowest BCUT2D eigenvalue weighted by atomic mass is 10.2. The van der Waals surface area contributed by atoms with E-state index in [2.05, 4.69) is 38.3 Å². The highest BCUT2D eigenvalue weighted by Crippen LogP contribution is 2.31. The Balaban J connectivity index is 1.78. The summed E-state index contributed by atoms with van der Waals surface area (Å²) >= 11 is 0. The molecule has 1 fully saturated rings. The van der Waals surface area contributed by atoms with Crippen LogP contribution in [0.5, 0.6) is 0 Å². The number of nitrogens with one attached hydrogen (secondary N) is 1. The SMILES string of the molecule is Cc1nnn(C)c1-c1cc(N2CCOC[C@H]2C)nc2c(-c3ccc[nH]3)cnn12. The van der Waals surface area contributed by atoms with Crippen molar-refractivity contribution in [2.75, 3.05) is 24.7 Å². The van der Waals surface area contributed by atoms with Crippen molar-refractivity contribution in [3.63, 3.8) is 0 Å². The minimum atomic E-state index is 0.249. The largest absolute Gasteiger partial charge is 0.377 e. The van der Waals surface area contributed by atoms with Crippen molar-refractivity contribution < 1.29 is 4.74 Å². The van der Waals surface area contributed by atoms with Crippen LogP contribution in [0.15, 0.2) is 30.6 Å². The quantitative estimate of drug-likeness (QED) is 0.587. The molecule has 1 aliphatic rings. The van der Waals surface area contributed by atoms with E-state index >= 15 is 0 Å². The van der Waals surface area contributed by atoms with Crippen LogP contribution in [-0.4, -0.2) is 60.4 Å². The molecule has 5 rings (SSSR count). The van der Waals surface area contributed by atoms with E-state index in [0.29, 0.717) is 13.2 Å². The Morgan fingerprint density at radius 3 is 2.93 bits per heavy atom. The van der Waals surface area contributed by atoms with E-state index < -0.39 is 0 Å². The summed E-state index contributed by atoms with van der Waals surface area (Å²) in [5.41, 5.74) is 5.45. The summed E-state index contributed by atoms with van der Waals surface area (Å²) in [5, 5.41) is 13.0. The highest BCUT2D eigenvalue weighted by molar-refractivity contribution is 5.79. The van der Waals surface area contributed by atoms with Crippen molar-refractivity contribution in [2.24, 2.45) is 7.05 Å². The summed E-state index contributed by atoms with van der Waals surface area (Å²) in [7, 11) is 1.90. The number of hydrogen-bond donors (Lipinski definition) is 1. The Morgan fingerprint density at radius 2 is 2.21 bits per heavy atom. The summed E-state index contributed by atoms with van der Waals surface area (Å²) in [5.74, 6) is 0.909.